The van der Waals surface area contributed by atoms with Crippen LogP contribution in [0.4, 0.5) is 4.39 Å². The lowest BCUT2D eigenvalue weighted by Gasteiger charge is -2.33. The van der Waals surface area contributed by atoms with Crippen molar-refractivity contribution in [2.45, 2.75) is 50.9 Å². The third-order valence-electron chi connectivity index (χ3n) is 3.84. The molecule has 15 heavy (non-hydrogen) atoms. The minimum atomic E-state index is -0.624. The predicted octanol–water partition coefficient (Wildman–Crippen LogP) is 2.23. The summed E-state index contributed by atoms with van der Waals surface area (Å²) in [6.45, 7) is 5.98. The molecule has 0 bridgehead atoms. The van der Waals surface area contributed by atoms with Crippen molar-refractivity contribution in [3.05, 3.63) is 0 Å². The lowest BCUT2D eigenvalue weighted by atomic mass is 9.84. The van der Waals surface area contributed by atoms with Gasteiger partial charge in [-0.15, -0.1) is 0 Å². The monoisotopic (exact) mass is 215 g/mol. The Morgan fingerprint density at radius 1 is 1.40 bits per heavy atom. The van der Waals surface area contributed by atoms with Crippen LogP contribution in [0, 0.1) is 5.92 Å². The largest absolute Gasteiger partial charge is 0.380 e. The molecule has 2 nitrogen and oxygen atoms in total. The molecule has 0 N–H and O–H groups in total. The molecule has 3 atom stereocenters. The molecular weight excluding hydrogens is 193 g/mol. The van der Waals surface area contributed by atoms with Crippen LogP contribution in [0.3, 0.4) is 0 Å². The minimum absolute atomic E-state index is 0.105. The van der Waals surface area contributed by atoms with E-state index in [1.807, 2.05) is 0 Å². The van der Waals surface area contributed by atoms with Gasteiger partial charge in [0.15, 0.2) is 0 Å². The van der Waals surface area contributed by atoms with Crippen LogP contribution in [0.15, 0.2) is 0 Å². The van der Waals surface area contributed by atoms with E-state index in [1.54, 1.807) is 7.11 Å². The van der Waals surface area contributed by atoms with Crippen LogP contribution in [0.5, 0.6) is 0 Å². The van der Waals surface area contributed by atoms with Crippen molar-refractivity contribution in [2.75, 3.05) is 20.2 Å². The first-order valence-electron chi connectivity index (χ1n) is 5.97. The maximum Gasteiger partial charge on any atom is 0.115 e. The van der Waals surface area contributed by atoms with Crippen molar-refractivity contribution in [3.8, 4) is 0 Å². The fourth-order valence-electron chi connectivity index (χ4n) is 3.47. The van der Waals surface area contributed by atoms with E-state index in [1.165, 1.54) is 0 Å². The fourth-order valence-corrected chi connectivity index (χ4v) is 3.47. The number of nitrogens with zero attached hydrogens (tertiary/aromatic N) is 1. The maximum absolute atomic E-state index is 13.5. The van der Waals surface area contributed by atoms with Gasteiger partial charge in [0.25, 0.3) is 0 Å². The molecule has 2 aliphatic heterocycles. The number of hydrogen-bond acceptors (Lipinski definition) is 2. The highest BCUT2D eigenvalue weighted by Crippen LogP contribution is 2.44. The highest BCUT2D eigenvalue weighted by atomic mass is 19.1. The number of alkyl halides is 1. The van der Waals surface area contributed by atoms with E-state index in [9.17, 15) is 4.39 Å². The molecule has 2 aliphatic rings. The third-order valence-corrected chi connectivity index (χ3v) is 3.84. The SMILES string of the molecule is CO[C@H]1CN2C[C@@H](F)C[C@@]2(CC(C)C)C1. The lowest BCUT2D eigenvalue weighted by molar-refractivity contribution is 0.103. The van der Waals surface area contributed by atoms with Crippen LogP contribution >= 0.6 is 0 Å². The fraction of sp³-hybridized carbons (Fsp3) is 1.00. The molecule has 0 aromatic carbocycles. The second-order valence-electron chi connectivity index (χ2n) is 5.59. The molecule has 2 heterocycles. The van der Waals surface area contributed by atoms with Gasteiger partial charge in [0, 0.05) is 25.7 Å². The quantitative estimate of drug-likeness (QED) is 0.716. The Bertz CT molecular complexity index is 234. The zero-order valence-electron chi connectivity index (χ0n) is 10.0. The lowest BCUT2D eigenvalue weighted by Crippen LogP contribution is -2.39. The maximum atomic E-state index is 13.5. The average Bonchev–Trinajstić information content (AvgIpc) is 2.54. The second kappa shape index (κ2) is 4.02. The molecule has 88 valence electrons. The van der Waals surface area contributed by atoms with Crippen molar-refractivity contribution in [1.82, 2.24) is 4.90 Å². The average molecular weight is 215 g/mol. The molecule has 0 amide bonds. The molecule has 2 rings (SSSR count). The number of hydrogen-bond donors (Lipinski definition) is 0. The van der Waals surface area contributed by atoms with Gasteiger partial charge in [0.1, 0.15) is 6.17 Å². The number of rotatable bonds is 3. The zero-order chi connectivity index (χ0) is 11.1. The number of fused-ring (bicyclic) bond motifs is 1. The van der Waals surface area contributed by atoms with Gasteiger partial charge in [-0.1, -0.05) is 13.8 Å². The van der Waals surface area contributed by atoms with Crippen LogP contribution in [-0.2, 0) is 4.74 Å². The highest BCUT2D eigenvalue weighted by Gasteiger charge is 2.52. The summed E-state index contributed by atoms with van der Waals surface area (Å²) in [6, 6.07) is 0. The molecular formula is C12H22FNO. The van der Waals surface area contributed by atoms with Gasteiger partial charge in [0.2, 0.25) is 0 Å². The Hall–Kier alpha value is -0.150. The van der Waals surface area contributed by atoms with Crippen LogP contribution in [0.2, 0.25) is 0 Å². The summed E-state index contributed by atoms with van der Waals surface area (Å²) in [6.07, 6.45) is 2.53. The first-order chi connectivity index (χ1) is 7.05. The van der Waals surface area contributed by atoms with E-state index >= 15 is 0 Å². The first-order valence-corrected chi connectivity index (χ1v) is 5.97. The van der Waals surface area contributed by atoms with Gasteiger partial charge in [0.05, 0.1) is 6.10 Å². The van der Waals surface area contributed by atoms with Crippen molar-refractivity contribution in [3.63, 3.8) is 0 Å². The summed E-state index contributed by atoms with van der Waals surface area (Å²) in [4.78, 5) is 2.33. The molecule has 0 aliphatic carbocycles. The van der Waals surface area contributed by atoms with Gasteiger partial charge in [-0.2, -0.15) is 0 Å². The minimum Gasteiger partial charge on any atom is -0.380 e. The summed E-state index contributed by atoms with van der Waals surface area (Å²) >= 11 is 0. The molecule has 0 aromatic heterocycles. The van der Waals surface area contributed by atoms with Crippen LogP contribution in [0.25, 0.3) is 0 Å². The Labute approximate surface area is 91.8 Å². The normalized spacial score (nSPS) is 41.4. The zero-order valence-corrected chi connectivity index (χ0v) is 10.0. The van der Waals surface area contributed by atoms with Gasteiger partial charge in [-0.05, 0) is 25.2 Å². The van der Waals surface area contributed by atoms with Crippen molar-refractivity contribution < 1.29 is 9.13 Å². The Balaban J connectivity index is 2.10. The van der Waals surface area contributed by atoms with Gasteiger partial charge in [-0.25, -0.2) is 4.39 Å². The summed E-state index contributed by atoms with van der Waals surface area (Å²) in [5, 5.41) is 0. The third kappa shape index (κ3) is 2.04. The number of methoxy groups -OCH3 is 1. The molecule has 2 fully saturated rings. The molecule has 0 spiro atoms. The van der Waals surface area contributed by atoms with Crippen LogP contribution in [0.1, 0.15) is 33.1 Å². The van der Waals surface area contributed by atoms with E-state index in [-0.39, 0.29) is 5.54 Å². The molecule has 0 unspecified atom stereocenters. The van der Waals surface area contributed by atoms with Gasteiger partial charge in [-0.3, -0.25) is 4.90 Å². The molecule has 2 saturated heterocycles. The van der Waals surface area contributed by atoms with E-state index in [4.69, 9.17) is 4.74 Å². The predicted molar refractivity (Wildman–Crippen MR) is 58.7 cm³/mol. The number of halogens is 1. The Kier molecular flexibility index (Phi) is 3.04. The first kappa shape index (κ1) is 11.3. The summed E-state index contributed by atoms with van der Waals surface area (Å²) in [5.74, 6) is 0.633. The molecule has 0 saturated carbocycles. The van der Waals surface area contributed by atoms with Crippen molar-refractivity contribution in [2.24, 2.45) is 5.92 Å². The van der Waals surface area contributed by atoms with Crippen LogP contribution in [-0.4, -0.2) is 42.9 Å². The smallest absolute Gasteiger partial charge is 0.115 e. The Morgan fingerprint density at radius 2 is 2.13 bits per heavy atom. The van der Waals surface area contributed by atoms with E-state index in [0.29, 0.717) is 25.0 Å². The summed E-state index contributed by atoms with van der Waals surface area (Å²) in [7, 11) is 1.77. The second-order valence-corrected chi connectivity index (χ2v) is 5.59. The van der Waals surface area contributed by atoms with E-state index in [0.717, 1.165) is 19.4 Å². The summed E-state index contributed by atoms with van der Waals surface area (Å²) in [5.41, 5.74) is 0.105. The van der Waals surface area contributed by atoms with Crippen molar-refractivity contribution in [1.29, 1.82) is 0 Å². The standard InChI is InChI=1S/C12H22FNO/c1-9(2)4-12-5-10(13)7-14(12)8-11(6-12)15-3/h9-11H,4-8H2,1-3H3/t10-,11+,12-/m0/s1. The Morgan fingerprint density at radius 3 is 2.73 bits per heavy atom. The topological polar surface area (TPSA) is 12.5 Å². The van der Waals surface area contributed by atoms with Crippen molar-refractivity contribution >= 4 is 0 Å². The van der Waals surface area contributed by atoms with E-state index < -0.39 is 6.17 Å². The van der Waals surface area contributed by atoms with E-state index in [2.05, 4.69) is 18.7 Å². The summed E-state index contributed by atoms with van der Waals surface area (Å²) < 4.78 is 18.9. The molecule has 0 aromatic rings. The van der Waals surface area contributed by atoms with Crippen LogP contribution < -0.4 is 0 Å². The van der Waals surface area contributed by atoms with Gasteiger partial charge >= 0.3 is 0 Å². The highest BCUT2D eigenvalue weighted by molar-refractivity contribution is 5.06. The molecule has 0 radical (unpaired) electrons. The molecule has 3 heteroatoms. The number of ether oxygens (including phenoxy) is 1. The van der Waals surface area contributed by atoms with Gasteiger partial charge < -0.3 is 4.74 Å².